The van der Waals surface area contributed by atoms with E-state index in [-0.39, 0.29) is 18.0 Å². The normalized spacial score (nSPS) is 24.0. The molecule has 1 atom stereocenters. The Morgan fingerprint density at radius 1 is 0.971 bits per heavy atom. The summed E-state index contributed by atoms with van der Waals surface area (Å²) in [5.74, 6) is 0.966. The number of likely N-dealkylation sites (tertiary alicyclic amines) is 1. The minimum Gasteiger partial charge on any atom is -0.339 e. The van der Waals surface area contributed by atoms with Crippen LogP contribution in [0.2, 0.25) is 0 Å². The number of carbonyl (C=O) groups excluding carboxylic acids is 2. The zero-order valence-electron chi connectivity index (χ0n) is 20.3. The van der Waals surface area contributed by atoms with Gasteiger partial charge in [-0.15, -0.1) is 0 Å². The molecule has 35 heavy (non-hydrogen) atoms. The molecule has 182 valence electrons. The van der Waals surface area contributed by atoms with Crippen molar-refractivity contribution >= 4 is 17.6 Å². The standard InChI is InChI=1S/C28H33N5O2/c1-19-2-5-24(16-25(19)30-28(35)31-26-18-32-12-8-23(26)9-13-32)27(34)33-14-10-22(11-15-33)21-6-3-20(17-29)4-7-21/h2-7,16,22-23,26H,8-15,18H2,1H3,(H2,30,31,35). The zero-order chi connectivity index (χ0) is 24.4. The van der Waals surface area contributed by atoms with E-state index in [1.54, 1.807) is 6.07 Å². The number of carbonyl (C=O) groups is 2. The lowest BCUT2D eigenvalue weighted by Gasteiger charge is -2.44. The highest BCUT2D eigenvalue weighted by molar-refractivity contribution is 5.97. The fourth-order valence-corrected chi connectivity index (χ4v) is 5.77. The highest BCUT2D eigenvalue weighted by Crippen LogP contribution is 2.30. The third kappa shape index (κ3) is 5.18. The molecule has 0 aliphatic carbocycles. The van der Waals surface area contributed by atoms with Crippen LogP contribution in [0.15, 0.2) is 42.5 Å². The number of urea groups is 1. The number of hydrogen-bond donors (Lipinski definition) is 2. The van der Waals surface area contributed by atoms with Crippen LogP contribution in [0.25, 0.3) is 0 Å². The summed E-state index contributed by atoms with van der Waals surface area (Å²) in [6.45, 7) is 6.53. The van der Waals surface area contributed by atoms with Crippen LogP contribution in [-0.2, 0) is 0 Å². The molecule has 0 saturated carbocycles. The van der Waals surface area contributed by atoms with Crippen molar-refractivity contribution in [2.24, 2.45) is 5.92 Å². The van der Waals surface area contributed by atoms with Crippen LogP contribution < -0.4 is 10.6 Å². The van der Waals surface area contributed by atoms with E-state index < -0.39 is 0 Å². The third-order valence-corrected chi connectivity index (χ3v) is 8.00. The van der Waals surface area contributed by atoms with Crippen molar-refractivity contribution in [1.29, 1.82) is 5.26 Å². The Labute approximate surface area is 207 Å². The summed E-state index contributed by atoms with van der Waals surface area (Å²) in [7, 11) is 0. The van der Waals surface area contributed by atoms with Gasteiger partial charge in [0.1, 0.15) is 0 Å². The molecule has 6 rings (SSSR count). The number of anilines is 1. The summed E-state index contributed by atoms with van der Waals surface area (Å²) in [4.78, 5) is 30.3. The van der Waals surface area contributed by atoms with Gasteiger partial charge in [0.2, 0.25) is 0 Å². The molecule has 2 N–H and O–H groups in total. The van der Waals surface area contributed by atoms with Crippen LogP contribution in [0.3, 0.4) is 0 Å². The summed E-state index contributed by atoms with van der Waals surface area (Å²) >= 11 is 0. The van der Waals surface area contributed by atoms with E-state index in [1.807, 2.05) is 48.2 Å². The van der Waals surface area contributed by atoms with Gasteiger partial charge in [-0.2, -0.15) is 5.26 Å². The van der Waals surface area contributed by atoms with Gasteiger partial charge >= 0.3 is 6.03 Å². The lowest BCUT2D eigenvalue weighted by molar-refractivity contribution is 0.0713. The number of piperidine rings is 4. The highest BCUT2D eigenvalue weighted by atomic mass is 16.2. The second kappa shape index (κ2) is 10.1. The van der Waals surface area contributed by atoms with E-state index in [4.69, 9.17) is 5.26 Å². The van der Waals surface area contributed by atoms with Gasteiger partial charge in [-0.25, -0.2) is 4.79 Å². The van der Waals surface area contributed by atoms with Crippen molar-refractivity contribution in [3.8, 4) is 6.07 Å². The first-order chi connectivity index (χ1) is 17.0. The summed E-state index contributed by atoms with van der Waals surface area (Å²) in [6.07, 6.45) is 4.10. The van der Waals surface area contributed by atoms with Crippen molar-refractivity contribution in [2.75, 3.05) is 38.0 Å². The molecule has 0 radical (unpaired) electrons. The molecule has 0 spiro atoms. The van der Waals surface area contributed by atoms with Gasteiger partial charge in [0, 0.05) is 36.9 Å². The monoisotopic (exact) mass is 471 g/mol. The summed E-state index contributed by atoms with van der Waals surface area (Å²) in [5.41, 5.74) is 4.12. The molecular formula is C28H33N5O2. The van der Waals surface area contributed by atoms with Crippen LogP contribution in [0.1, 0.15) is 58.6 Å². The number of fused-ring (bicyclic) bond motifs is 3. The van der Waals surface area contributed by atoms with Crippen LogP contribution in [-0.4, -0.2) is 60.5 Å². The number of benzene rings is 2. The summed E-state index contributed by atoms with van der Waals surface area (Å²) in [5, 5.41) is 15.2. The lowest BCUT2D eigenvalue weighted by atomic mass is 9.84. The Bertz CT molecular complexity index is 1120. The average Bonchev–Trinajstić information content (AvgIpc) is 2.90. The molecule has 2 bridgehead atoms. The van der Waals surface area contributed by atoms with Gasteiger partial charge in [0.05, 0.1) is 11.6 Å². The average molecular weight is 472 g/mol. The first-order valence-corrected chi connectivity index (χ1v) is 12.7. The topological polar surface area (TPSA) is 88.5 Å². The summed E-state index contributed by atoms with van der Waals surface area (Å²) < 4.78 is 0. The largest absolute Gasteiger partial charge is 0.339 e. The predicted octanol–water partition coefficient (Wildman–Crippen LogP) is 4.10. The quantitative estimate of drug-likeness (QED) is 0.703. The second-order valence-corrected chi connectivity index (χ2v) is 10.2. The number of aryl methyl sites for hydroxylation is 1. The Hall–Kier alpha value is -3.37. The maximum absolute atomic E-state index is 13.2. The summed E-state index contributed by atoms with van der Waals surface area (Å²) in [6, 6.07) is 15.5. The van der Waals surface area contributed by atoms with Crippen molar-refractivity contribution in [3.05, 3.63) is 64.7 Å². The van der Waals surface area contributed by atoms with Gasteiger partial charge in [-0.1, -0.05) is 18.2 Å². The number of nitrogens with one attached hydrogen (secondary N) is 2. The van der Waals surface area contributed by atoms with Crippen LogP contribution in [0.4, 0.5) is 10.5 Å². The number of rotatable bonds is 4. The van der Waals surface area contributed by atoms with Crippen molar-refractivity contribution in [2.45, 2.75) is 44.6 Å². The van der Waals surface area contributed by atoms with Crippen LogP contribution >= 0.6 is 0 Å². The lowest BCUT2D eigenvalue weighted by Crippen LogP contribution is -2.57. The first kappa shape index (κ1) is 23.4. The second-order valence-electron chi connectivity index (χ2n) is 10.2. The maximum atomic E-state index is 13.2. The molecule has 0 aromatic heterocycles. The number of amides is 3. The number of nitrogens with zero attached hydrogens (tertiary/aromatic N) is 3. The molecule has 4 aliphatic heterocycles. The SMILES string of the molecule is Cc1ccc(C(=O)N2CCC(c3ccc(C#N)cc3)CC2)cc1NC(=O)NC1CN2CCC1CC2. The fraction of sp³-hybridized carbons (Fsp3) is 0.464. The third-order valence-electron chi connectivity index (χ3n) is 8.00. The van der Waals surface area contributed by atoms with Crippen molar-refractivity contribution < 1.29 is 9.59 Å². The minimum atomic E-state index is -0.195. The van der Waals surface area contributed by atoms with Gasteiger partial charge in [0.15, 0.2) is 0 Å². The van der Waals surface area contributed by atoms with E-state index in [9.17, 15) is 9.59 Å². The molecule has 4 fully saturated rings. The van der Waals surface area contributed by atoms with Crippen LogP contribution in [0.5, 0.6) is 0 Å². The molecule has 4 heterocycles. The Morgan fingerprint density at radius 3 is 2.31 bits per heavy atom. The van der Waals surface area contributed by atoms with Crippen molar-refractivity contribution in [1.82, 2.24) is 15.1 Å². The molecule has 2 aromatic carbocycles. The molecule has 1 unspecified atom stereocenters. The van der Waals surface area contributed by atoms with Gasteiger partial charge in [0.25, 0.3) is 5.91 Å². The Morgan fingerprint density at radius 2 is 1.69 bits per heavy atom. The zero-order valence-corrected chi connectivity index (χ0v) is 20.3. The molecular weight excluding hydrogens is 438 g/mol. The first-order valence-electron chi connectivity index (χ1n) is 12.7. The molecule has 3 amide bonds. The fourth-order valence-electron chi connectivity index (χ4n) is 5.77. The van der Waals surface area contributed by atoms with Gasteiger partial charge in [-0.3, -0.25) is 4.79 Å². The smallest absolute Gasteiger partial charge is 0.319 e. The van der Waals surface area contributed by atoms with E-state index in [2.05, 4.69) is 21.6 Å². The Kier molecular flexibility index (Phi) is 6.74. The van der Waals surface area contributed by atoms with Crippen molar-refractivity contribution in [3.63, 3.8) is 0 Å². The van der Waals surface area contributed by atoms with E-state index in [0.717, 1.165) is 50.9 Å². The highest BCUT2D eigenvalue weighted by Gasteiger charge is 2.35. The Balaban J connectivity index is 1.18. The van der Waals surface area contributed by atoms with E-state index in [0.29, 0.717) is 41.7 Å². The molecule has 4 aliphatic rings. The molecule has 4 saturated heterocycles. The van der Waals surface area contributed by atoms with Gasteiger partial charge in [-0.05, 0) is 92.9 Å². The van der Waals surface area contributed by atoms with E-state index >= 15 is 0 Å². The maximum Gasteiger partial charge on any atom is 0.319 e. The number of hydrogen-bond acceptors (Lipinski definition) is 4. The number of nitriles is 1. The van der Waals surface area contributed by atoms with Crippen LogP contribution in [0, 0.1) is 24.2 Å². The van der Waals surface area contributed by atoms with Gasteiger partial charge < -0.3 is 20.4 Å². The predicted molar refractivity (Wildman–Crippen MR) is 135 cm³/mol. The molecule has 7 nitrogen and oxygen atoms in total. The molecule has 2 aromatic rings. The van der Waals surface area contributed by atoms with E-state index in [1.165, 1.54) is 5.56 Å². The minimum absolute atomic E-state index is 0.00382. The molecule has 7 heteroatoms.